The summed E-state index contributed by atoms with van der Waals surface area (Å²) in [5.41, 5.74) is -0.113. The van der Waals surface area contributed by atoms with E-state index in [1.807, 2.05) is 6.92 Å². The van der Waals surface area contributed by atoms with Crippen LogP contribution in [0.5, 0.6) is 0 Å². The van der Waals surface area contributed by atoms with Gasteiger partial charge in [0.05, 0.1) is 43.5 Å². The molecule has 1 fully saturated rings. The Kier molecular flexibility index (Phi) is 7.91. The zero-order chi connectivity index (χ0) is 23.6. The van der Waals surface area contributed by atoms with E-state index < -0.39 is 73.8 Å². The second-order valence-corrected chi connectivity index (χ2v) is 8.05. The van der Waals surface area contributed by atoms with Gasteiger partial charge in [-0.1, -0.05) is 13.3 Å². The first-order chi connectivity index (χ1) is 15.2. The molecule has 2 heterocycles. The summed E-state index contributed by atoms with van der Waals surface area (Å²) in [6, 6.07) is 0. The first-order valence-electron chi connectivity index (χ1n) is 10.4. The molecule has 7 N–H and O–H groups in total. The molecule has 0 aromatic rings. The number of aliphatic hydroxyl groups is 6. The first kappa shape index (κ1) is 25.0. The topological polar surface area (TPSA) is 196 Å². The molecule has 0 unspecified atom stereocenters. The molecule has 3 aliphatic rings. The van der Waals surface area contributed by atoms with E-state index in [4.69, 9.17) is 18.9 Å². The predicted octanol–water partition coefficient (Wildman–Crippen LogP) is -2.20. The third-order valence-electron chi connectivity index (χ3n) is 5.96. The van der Waals surface area contributed by atoms with Crippen LogP contribution in [-0.2, 0) is 23.7 Å². The number of carboxylic acid groups (broad SMARTS) is 1. The van der Waals surface area contributed by atoms with Gasteiger partial charge in [0, 0.05) is 0 Å². The number of unbranched alkanes of at least 4 members (excludes halogenated alkanes) is 1. The Bertz CT molecular complexity index is 736. The van der Waals surface area contributed by atoms with Gasteiger partial charge in [0.15, 0.2) is 12.1 Å². The molecule has 0 radical (unpaired) electrons. The van der Waals surface area contributed by atoms with E-state index in [0.29, 0.717) is 6.42 Å². The van der Waals surface area contributed by atoms with Crippen molar-refractivity contribution < 1.29 is 59.5 Å². The third kappa shape index (κ3) is 4.55. The van der Waals surface area contributed by atoms with Crippen molar-refractivity contribution in [2.24, 2.45) is 11.8 Å². The number of rotatable bonds is 9. The quantitative estimate of drug-likeness (QED) is 0.111. The van der Waals surface area contributed by atoms with Crippen molar-refractivity contribution in [1.29, 1.82) is 0 Å². The molecular weight excluding hydrogens is 432 g/mol. The highest BCUT2D eigenvalue weighted by Gasteiger charge is 2.58. The van der Waals surface area contributed by atoms with Crippen molar-refractivity contribution in [1.82, 2.24) is 0 Å². The third-order valence-corrected chi connectivity index (χ3v) is 5.96. The zero-order valence-electron chi connectivity index (χ0n) is 17.5. The van der Waals surface area contributed by atoms with E-state index in [2.05, 4.69) is 0 Å². The fourth-order valence-corrected chi connectivity index (χ4v) is 4.24. The number of aliphatic carboxylic acids is 1. The van der Waals surface area contributed by atoms with Crippen LogP contribution in [0.1, 0.15) is 19.8 Å². The lowest BCUT2D eigenvalue weighted by Gasteiger charge is -2.43. The monoisotopic (exact) mass is 462 g/mol. The van der Waals surface area contributed by atoms with Crippen LogP contribution in [0.2, 0.25) is 0 Å². The minimum Gasteiger partial charge on any atom is -0.478 e. The highest BCUT2D eigenvalue weighted by Crippen LogP contribution is 2.49. The predicted molar refractivity (Wildman–Crippen MR) is 103 cm³/mol. The Hall–Kier alpha value is -1.61. The molecule has 0 spiro atoms. The molecule has 0 aromatic carbocycles. The van der Waals surface area contributed by atoms with E-state index in [0.717, 1.165) is 12.7 Å². The van der Waals surface area contributed by atoms with Gasteiger partial charge in [0.25, 0.3) is 0 Å². The molecule has 0 saturated carbocycles. The van der Waals surface area contributed by atoms with E-state index >= 15 is 0 Å². The van der Waals surface area contributed by atoms with Crippen molar-refractivity contribution >= 4 is 5.97 Å². The number of ether oxygens (including phenoxy) is 4. The van der Waals surface area contributed by atoms with E-state index in [1.54, 1.807) is 0 Å². The molecule has 1 aliphatic carbocycles. The second-order valence-electron chi connectivity index (χ2n) is 8.05. The summed E-state index contributed by atoms with van der Waals surface area (Å²) < 4.78 is 22.0. The lowest BCUT2D eigenvalue weighted by Crippen LogP contribution is -2.60. The van der Waals surface area contributed by atoms with Crippen LogP contribution in [0, 0.1) is 11.8 Å². The van der Waals surface area contributed by atoms with Gasteiger partial charge in [-0.05, 0) is 18.1 Å². The van der Waals surface area contributed by atoms with Crippen molar-refractivity contribution in [3.8, 4) is 0 Å². The summed E-state index contributed by atoms with van der Waals surface area (Å²) in [5.74, 6) is -5.66. The SMILES string of the molecule is CCCCO[C@]1(O)C=C(CO)[C@H]2[C@H](O[C@@H]3O[C@H](CO)[C@@H](O)[C@H](O)[C@H]3O)OC=C(C(=O)O)[C@H]21. The van der Waals surface area contributed by atoms with Crippen molar-refractivity contribution in [2.45, 2.75) is 62.5 Å². The largest absolute Gasteiger partial charge is 0.478 e. The Morgan fingerprint density at radius 1 is 1.16 bits per heavy atom. The van der Waals surface area contributed by atoms with E-state index in [-0.39, 0.29) is 17.8 Å². The highest BCUT2D eigenvalue weighted by atomic mass is 16.8. The van der Waals surface area contributed by atoms with Crippen molar-refractivity contribution in [3.05, 3.63) is 23.5 Å². The number of hydrogen-bond acceptors (Lipinski definition) is 11. The van der Waals surface area contributed by atoms with Crippen LogP contribution in [0.4, 0.5) is 0 Å². The minimum absolute atomic E-state index is 0.136. The molecule has 9 atom stereocenters. The maximum absolute atomic E-state index is 11.8. The van der Waals surface area contributed by atoms with Crippen LogP contribution in [0.15, 0.2) is 23.5 Å². The van der Waals surface area contributed by atoms with Gasteiger partial charge >= 0.3 is 5.97 Å². The molecule has 12 nitrogen and oxygen atoms in total. The second kappa shape index (κ2) is 10.1. The Morgan fingerprint density at radius 3 is 2.47 bits per heavy atom. The van der Waals surface area contributed by atoms with Gasteiger partial charge in [-0.3, -0.25) is 0 Å². The summed E-state index contributed by atoms with van der Waals surface area (Å²) >= 11 is 0. The zero-order valence-corrected chi connectivity index (χ0v) is 17.5. The minimum atomic E-state index is -2.05. The average molecular weight is 462 g/mol. The fourth-order valence-electron chi connectivity index (χ4n) is 4.24. The standard InChI is InChI=1S/C20H30O12/c1-2-3-4-30-20(28)5-9(6-21)12-13(20)10(17(26)27)8-29-18(12)32-19-16(25)15(24)14(23)11(7-22)31-19/h5,8,11-16,18-19,21-25,28H,2-4,6-7H2,1H3,(H,26,27)/t11-,12-,13-,14-,15+,16-,18+,19+,20-/m1/s1. The number of hydrogen-bond donors (Lipinski definition) is 7. The Labute approximate surface area is 183 Å². The van der Waals surface area contributed by atoms with Gasteiger partial charge in [0.2, 0.25) is 6.29 Å². The summed E-state index contributed by atoms with van der Waals surface area (Å²) in [5, 5.41) is 70.2. The molecule has 0 bridgehead atoms. The van der Waals surface area contributed by atoms with E-state index in [1.165, 1.54) is 6.08 Å². The molecule has 1 saturated heterocycles. The summed E-state index contributed by atoms with van der Waals surface area (Å²) in [4.78, 5) is 11.8. The Balaban J connectivity index is 1.89. The molecule has 2 aliphatic heterocycles. The maximum atomic E-state index is 11.8. The molecule has 0 amide bonds. The lowest BCUT2D eigenvalue weighted by molar-refractivity contribution is -0.343. The van der Waals surface area contributed by atoms with Gasteiger partial charge in [0.1, 0.15) is 24.4 Å². The molecule has 32 heavy (non-hydrogen) atoms. The van der Waals surface area contributed by atoms with Crippen LogP contribution >= 0.6 is 0 Å². The number of fused-ring (bicyclic) bond motifs is 1. The lowest BCUT2D eigenvalue weighted by atomic mass is 9.81. The Morgan fingerprint density at radius 2 is 1.88 bits per heavy atom. The molecule has 12 heteroatoms. The number of carboxylic acids is 1. The van der Waals surface area contributed by atoms with Gasteiger partial charge < -0.3 is 54.7 Å². The van der Waals surface area contributed by atoms with Crippen LogP contribution in [0.25, 0.3) is 0 Å². The van der Waals surface area contributed by atoms with E-state index in [9.17, 15) is 40.5 Å². The number of carbonyl (C=O) groups is 1. The smallest absolute Gasteiger partial charge is 0.335 e. The highest BCUT2D eigenvalue weighted by molar-refractivity contribution is 5.87. The van der Waals surface area contributed by atoms with Crippen LogP contribution in [0.3, 0.4) is 0 Å². The first-order valence-corrected chi connectivity index (χ1v) is 10.4. The number of aliphatic hydroxyl groups excluding tert-OH is 5. The average Bonchev–Trinajstić information content (AvgIpc) is 3.07. The fraction of sp³-hybridized carbons (Fsp3) is 0.750. The van der Waals surface area contributed by atoms with Crippen molar-refractivity contribution in [2.75, 3.05) is 19.8 Å². The summed E-state index contributed by atoms with van der Waals surface area (Å²) in [7, 11) is 0. The maximum Gasteiger partial charge on any atom is 0.335 e. The van der Waals surface area contributed by atoms with Gasteiger partial charge in [-0.25, -0.2) is 4.79 Å². The van der Waals surface area contributed by atoms with Gasteiger partial charge in [-0.2, -0.15) is 0 Å². The van der Waals surface area contributed by atoms with Crippen molar-refractivity contribution in [3.63, 3.8) is 0 Å². The summed E-state index contributed by atoms with van der Waals surface area (Å²) in [6.07, 6.45) is -5.66. The molecule has 182 valence electrons. The molecular formula is C20H30O12. The van der Waals surface area contributed by atoms with Gasteiger partial charge in [-0.15, -0.1) is 0 Å². The molecule has 3 rings (SSSR count). The van der Waals surface area contributed by atoms with Crippen LogP contribution < -0.4 is 0 Å². The normalized spacial score (nSPS) is 41.5. The molecule has 0 aromatic heterocycles. The summed E-state index contributed by atoms with van der Waals surface area (Å²) in [6.45, 7) is 0.822. The van der Waals surface area contributed by atoms with Crippen LogP contribution in [-0.4, -0.2) is 104 Å².